The predicted molar refractivity (Wildman–Crippen MR) is 186 cm³/mol. The molecule has 0 aliphatic rings. The first-order chi connectivity index (χ1) is 21.9. The lowest BCUT2D eigenvalue weighted by Gasteiger charge is -2.34. The fourth-order valence-corrected chi connectivity index (χ4v) is 7.06. The molecule has 0 aromatic heterocycles. The topological polar surface area (TPSA) is 86.8 Å². The van der Waals surface area contributed by atoms with Gasteiger partial charge in [-0.1, -0.05) is 115 Å². The van der Waals surface area contributed by atoms with E-state index in [0.29, 0.717) is 22.2 Å². The fraction of sp³-hybridized carbons (Fsp3) is 0.235. The van der Waals surface area contributed by atoms with Crippen LogP contribution < -0.4 is 9.62 Å². The summed E-state index contributed by atoms with van der Waals surface area (Å²) >= 11 is 25.2. The molecule has 0 fully saturated rings. The van der Waals surface area contributed by atoms with Crippen LogP contribution in [0.5, 0.6) is 0 Å². The van der Waals surface area contributed by atoms with Crippen LogP contribution in [0, 0.1) is 5.92 Å². The minimum atomic E-state index is -4.31. The molecule has 4 aromatic carbocycles. The van der Waals surface area contributed by atoms with Gasteiger partial charge in [-0.05, 0) is 59.5 Å². The Labute approximate surface area is 290 Å². The molecule has 0 saturated carbocycles. The molecular formula is C34H33Cl4N3O4S. The van der Waals surface area contributed by atoms with E-state index in [1.165, 1.54) is 35.2 Å². The number of anilines is 1. The minimum Gasteiger partial charge on any atom is -0.354 e. The van der Waals surface area contributed by atoms with Gasteiger partial charge in [0.25, 0.3) is 10.0 Å². The number of carbonyl (C=O) groups is 2. The molecule has 1 atom stereocenters. The summed E-state index contributed by atoms with van der Waals surface area (Å²) in [5.74, 6) is -0.871. The summed E-state index contributed by atoms with van der Waals surface area (Å²) in [4.78, 5) is 29.7. The van der Waals surface area contributed by atoms with Crippen LogP contribution in [0.2, 0.25) is 20.1 Å². The van der Waals surface area contributed by atoms with Gasteiger partial charge < -0.3 is 10.2 Å². The Balaban J connectivity index is 1.83. The highest BCUT2D eigenvalue weighted by molar-refractivity contribution is 7.92. The van der Waals surface area contributed by atoms with Crippen LogP contribution >= 0.6 is 46.4 Å². The highest BCUT2D eigenvalue weighted by atomic mass is 35.5. The van der Waals surface area contributed by atoms with E-state index in [1.807, 2.05) is 44.2 Å². The third-order valence-electron chi connectivity index (χ3n) is 7.08. The van der Waals surface area contributed by atoms with E-state index in [2.05, 4.69) is 5.32 Å². The Morgan fingerprint density at radius 1 is 0.761 bits per heavy atom. The largest absolute Gasteiger partial charge is 0.354 e. The number of hydrogen-bond acceptors (Lipinski definition) is 4. The van der Waals surface area contributed by atoms with Crippen LogP contribution in [0.4, 0.5) is 5.69 Å². The van der Waals surface area contributed by atoms with Gasteiger partial charge >= 0.3 is 0 Å². The molecule has 0 unspecified atom stereocenters. The Bertz CT molecular complexity index is 1770. The fourth-order valence-electron chi connectivity index (χ4n) is 4.73. The lowest BCUT2D eigenvalue weighted by molar-refractivity contribution is -0.140. The van der Waals surface area contributed by atoms with Gasteiger partial charge in [-0.3, -0.25) is 13.9 Å². The smallest absolute Gasteiger partial charge is 0.264 e. The number of sulfonamides is 1. The molecule has 242 valence electrons. The van der Waals surface area contributed by atoms with Crippen LogP contribution in [0.25, 0.3) is 0 Å². The molecule has 0 spiro atoms. The average molecular weight is 722 g/mol. The summed E-state index contributed by atoms with van der Waals surface area (Å²) in [6.07, 6.45) is 0.172. The van der Waals surface area contributed by atoms with E-state index < -0.39 is 28.5 Å². The SMILES string of the molecule is CC(C)CNC(=O)[C@H](Cc1ccccc1)N(Cc1ccc(Cl)c(Cl)c1)C(=O)CN(c1ccc(Cl)cc1Cl)S(=O)(=O)c1ccccc1. The second-order valence-corrected chi connectivity index (χ2v) is 14.6. The lowest BCUT2D eigenvalue weighted by Crippen LogP contribution is -2.53. The van der Waals surface area contributed by atoms with Crippen molar-refractivity contribution < 1.29 is 18.0 Å². The van der Waals surface area contributed by atoms with Crippen LogP contribution in [-0.4, -0.2) is 44.3 Å². The monoisotopic (exact) mass is 719 g/mol. The third-order valence-corrected chi connectivity index (χ3v) is 10.1. The van der Waals surface area contributed by atoms with E-state index in [1.54, 1.807) is 36.4 Å². The molecule has 4 rings (SSSR count). The van der Waals surface area contributed by atoms with Gasteiger partial charge in [0.2, 0.25) is 11.8 Å². The normalized spacial score (nSPS) is 12.1. The van der Waals surface area contributed by atoms with Crippen LogP contribution in [0.15, 0.2) is 102 Å². The van der Waals surface area contributed by atoms with E-state index in [9.17, 15) is 18.0 Å². The number of halogens is 4. The summed E-state index contributed by atoms with van der Waals surface area (Å²) in [5, 5.41) is 3.89. The molecule has 0 aliphatic heterocycles. The van der Waals surface area contributed by atoms with E-state index in [4.69, 9.17) is 46.4 Å². The molecule has 12 heteroatoms. The molecule has 2 amide bonds. The van der Waals surface area contributed by atoms with Crippen LogP contribution in [0.3, 0.4) is 0 Å². The van der Waals surface area contributed by atoms with Gasteiger partial charge in [0.15, 0.2) is 0 Å². The molecule has 0 saturated heterocycles. The van der Waals surface area contributed by atoms with E-state index in [0.717, 1.165) is 9.87 Å². The Morgan fingerprint density at radius 3 is 2.02 bits per heavy atom. The third kappa shape index (κ3) is 9.17. The lowest BCUT2D eigenvalue weighted by atomic mass is 10.0. The molecule has 0 heterocycles. The number of nitrogens with one attached hydrogen (secondary N) is 1. The van der Waals surface area contributed by atoms with Crippen molar-refractivity contribution in [3.63, 3.8) is 0 Å². The average Bonchev–Trinajstić information content (AvgIpc) is 3.03. The first-order valence-electron chi connectivity index (χ1n) is 14.4. The Kier molecular flexibility index (Phi) is 12.4. The van der Waals surface area contributed by atoms with Crippen molar-refractivity contribution in [2.45, 2.75) is 37.8 Å². The molecule has 0 radical (unpaired) electrons. The summed E-state index contributed by atoms with van der Waals surface area (Å²) in [6.45, 7) is 3.59. The van der Waals surface area contributed by atoms with Crippen molar-refractivity contribution in [3.8, 4) is 0 Å². The molecule has 0 bridgehead atoms. The van der Waals surface area contributed by atoms with Crippen LogP contribution in [-0.2, 0) is 32.6 Å². The molecule has 7 nitrogen and oxygen atoms in total. The van der Waals surface area contributed by atoms with Crippen molar-refractivity contribution in [2.75, 3.05) is 17.4 Å². The minimum absolute atomic E-state index is 0.0337. The number of benzene rings is 4. The van der Waals surface area contributed by atoms with Crippen molar-refractivity contribution >= 4 is 73.9 Å². The van der Waals surface area contributed by atoms with Crippen LogP contribution in [0.1, 0.15) is 25.0 Å². The maximum Gasteiger partial charge on any atom is 0.264 e. The van der Waals surface area contributed by atoms with Crippen molar-refractivity contribution in [2.24, 2.45) is 5.92 Å². The number of carbonyl (C=O) groups excluding carboxylic acids is 2. The molecule has 46 heavy (non-hydrogen) atoms. The van der Waals surface area contributed by atoms with Gasteiger partial charge in [-0.2, -0.15) is 0 Å². The maximum absolute atomic E-state index is 14.5. The zero-order valence-electron chi connectivity index (χ0n) is 25.2. The molecular weight excluding hydrogens is 688 g/mol. The standard InChI is InChI=1S/C34H33Cl4N3O4S/c1-23(2)20-39-34(43)32(18-24-9-5-3-6-10-24)40(21-25-13-15-28(36)29(37)17-25)33(42)22-41(31-16-14-26(35)19-30(31)38)46(44,45)27-11-7-4-8-12-27/h3-17,19,23,32H,18,20-22H2,1-2H3,(H,39,43)/t32-/m0/s1. The highest BCUT2D eigenvalue weighted by Gasteiger charge is 2.35. The Morgan fingerprint density at radius 2 is 1.41 bits per heavy atom. The summed E-state index contributed by atoms with van der Waals surface area (Å²) in [6, 6.07) is 25.3. The molecule has 4 aromatic rings. The second-order valence-electron chi connectivity index (χ2n) is 11.0. The first kappa shape index (κ1) is 35.6. The zero-order chi connectivity index (χ0) is 33.4. The second kappa shape index (κ2) is 16.0. The summed E-state index contributed by atoms with van der Waals surface area (Å²) < 4.78 is 29.1. The van der Waals surface area contributed by atoms with Crippen molar-refractivity contribution in [1.29, 1.82) is 0 Å². The Hall–Kier alpha value is -3.27. The van der Waals surface area contributed by atoms with E-state index in [-0.39, 0.29) is 45.4 Å². The first-order valence-corrected chi connectivity index (χ1v) is 17.4. The van der Waals surface area contributed by atoms with Gasteiger partial charge in [0.1, 0.15) is 12.6 Å². The van der Waals surface area contributed by atoms with Crippen molar-refractivity contribution in [3.05, 3.63) is 128 Å². The van der Waals surface area contributed by atoms with Crippen molar-refractivity contribution in [1.82, 2.24) is 10.2 Å². The maximum atomic E-state index is 14.5. The molecule has 0 aliphatic carbocycles. The highest BCUT2D eigenvalue weighted by Crippen LogP contribution is 2.33. The zero-order valence-corrected chi connectivity index (χ0v) is 29.0. The van der Waals surface area contributed by atoms with Gasteiger partial charge in [0, 0.05) is 24.5 Å². The summed E-state index contributed by atoms with van der Waals surface area (Å²) in [7, 11) is -4.31. The molecule has 1 N–H and O–H groups in total. The number of hydrogen-bond donors (Lipinski definition) is 1. The van der Waals surface area contributed by atoms with E-state index >= 15 is 0 Å². The predicted octanol–water partition coefficient (Wildman–Crippen LogP) is 7.91. The quantitative estimate of drug-likeness (QED) is 0.152. The summed E-state index contributed by atoms with van der Waals surface area (Å²) in [5.41, 5.74) is 1.47. The number of amides is 2. The van der Waals surface area contributed by atoms with Gasteiger partial charge in [0.05, 0.1) is 25.7 Å². The van der Waals surface area contributed by atoms with Gasteiger partial charge in [-0.25, -0.2) is 8.42 Å². The van der Waals surface area contributed by atoms with Gasteiger partial charge in [-0.15, -0.1) is 0 Å². The number of rotatable bonds is 13. The number of nitrogens with zero attached hydrogens (tertiary/aromatic N) is 2.